The van der Waals surface area contributed by atoms with Crippen molar-refractivity contribution in [1.29, 1.82) is 0 Å². The van der Waals surface area contributed by atoms with E-state index in [1.165, 1.54) is 0 Å². The Bertz CT molecular complexity index is 1450. The fraction of sp³-hybridized carbons (Fsp3) is 0.441. The smallest absolute Gasteiger partial charge is 0.289 e. The number of carbonyl (C=O) groups excluding carboxylic acids is 5. The third-order valence-electron chi connectivity index (χ3n) is 8.64. The van der Waals surface area contributed by atoms with E-state index in [1.54, 1.807) is 12.1 Å². The van der Waals surface area contributed by atoms with Crippen LogP contribution in [0.25, 0.3) is 11.0 Å². The molecule has 3 aromatic rings. The number of para-hydroxylation sites is 1. The van der Waals surface area contributed by atoms with Gasteiger partial charge in [-0.25, -0.2) is 0 Å². The van der Waals surface area contributed by atoms with E-state index in [9.17, 15) is 24.0 Å². The first kappa shape index (κ1) is 31.0. The van der Waals surface area contributed by atoms with Crippen LogP contribution in [0.3, 0.4) is 0 Å². The zero-order valence-electron chi connectivity index (χ0n) is 24.8. The van der Waals surface area contributed by atoms with Crippen molar-refractivity contribution >= 4 is 40.4 Å². The van der Waals surface area contributed by atoms with Crippen LogP contribution in [-0.4, -0.2) is 48.0 Å². The Hall–Kier alpha value is -4.47. The van der Waals surface area contributed by atoms with Crippen LogP contribution in [0.4, 0.5) is 0 Å². The lowest BCUT2D eigenvalue weighted by Gasteiger charge is -2.29. The van der Waals surface area contributed by atoms with Crippen LogP contribution < -0.4 is 21.3 Å². The van der Waals surface area contributed by atoms with Crippen molar-refractivity contribution in [3.63, 3.8) is 0 Å². The van der Waals surface area contributed by atoms with E-state index in [0.717, 1.165) is 49.5 Å². The maximum absolute atomic E-state index is 13.9. The normalized spacial score (nSPS) is 18.5. The SMILES string of the molecule is O=C(NCc1ccccc1)C(=O)[C@H](C[C@@H]1CCCNC1=O)NC(=O)[C@H](CC1CCCCC1)NC(=O)c1cc2ccccc2o1. The first-order valence-corrected chi connectivity index (χ1v) is 15.6. The number of Topliss-reactive ketones (excluding diaryl/α,β-unsaturated/α-hetero) is 1. The summed E-state index contributed by atoms with van der Waals surface area (Å²) in [5.41, 5.74) is 1.38. The van der Waals surface area contributed by atoms with Gasteiger partial charge < -0.3 is 25.7 Å². The number of benzene rings is 2. The van der Waals surface area contributed by atoms with Crippen LogP contribution in [0, 0.1) is 11.8 Å². The first-order chi connectivity index (χ1) is 21.4. The van der Waals surface area contributed by atoms with E-state index in [2.05, 4.69) is 21.3 Å². The molecule has 4 N–H and O–H groups in total. The number of carbonyl (C=O) groups is 5. The molecule has 2 fully saturated rings. The molecule has 0 bridgehead atoms. The molecule has 4 amide bonds. The number of fused-ring (bicyclic) bond motifs is 1. The van der Waals surface area contributed by atoms with Crippen molar-refractivity contribution < 1.29 is 28.4 Å². The number of hydrogen-bond donors (Lipinski definition) is 4. The second kappa shape index (κ2) is 14.8. The van der Waals surface area contributed by atoms with Crippen LogP contribution >= 0.6 is 0 Å². The molecule has 1 saturated carbocycles. The van der Waals surface area contributed by atoms with E-state index in [0.29, 0.717) is 25.0 Å². The lowest BCUT2D eigenvalue weighted by Crippen LogP contribution is -2.55. The fourth-order valence-electron chi connectivity index (χ4n) is 6.18. The van der Waals surface area contributed by atoms with Crippen LogP contribution in [0.15, 0.2) is 65.1 Å². The molecule has 1 aliphatic carbocycles. The molecule has 1 saturated heterocycles. The fourth-order valence-corrected chi connectivity index (χ4v) is 6.18. The van der Waals surface area contributed by atoms with E-state index in [1.807, 2.05) is 48.5 Å². The van der Waals surface area contributed by atoms with Gasteiger partial charge in [-0.2, -0.15) is 0 Å². The van der Waals surface area contributed by atoms with Crippen molar-refractivity contribution in [2.45, 2.75) is 76.4 Å². The second-order valence-electron chi connectivity index (χ2n) is 11.9. The predicted octanol–water partition coefficient (Wildman–Crippen LogP) is 3.79. The summed E-state index contributed by atoms with van der Waals surface area (Å²) < 4.78 is 5.73. The van der Waals surface area contributed by atoms with Crippen molar-refractivity contribution in [3.05, 3.63) is 72.0 Å². The highest BCUT2D eigenvalue weighted by Gasteiger charge is 2.35. The molecule has 44 heavy (non-hydrogen) atoms. The predicted molar refractivity (Wildman–Crippen MR) is 164 cm³/mol. The van der Waals surface area contributed by atoms with E-state index >= 15 is 0 Å². The number of nitrogens with one attached hydrogen (secondary N) is 4. The molecule has 2 aliphatic rings. The Balaban J connectivity index is 1.33. The Labute approximate surface area is 256 Å². The molecule has 10 nitrogen and oxygen atoms in total. The van der Waals surface area contributed by atoms with Gasteiger partial charge in [0.2, 0.25) is 17.6 Å². The van der Waals surface area contributed by atoms with E-state index in [-0.39, 0.29) is 30.6 Å². The minimum atomic E-state index is -1.23. The highest BCUT2D eigenvalue weighted by Crippen LogP contribution is 2.28. The molecule has 0 radical (unpaired) electrons. The van der Waals surface area contributed by atoms with Gasteiger partial charge >= 0.3 is 0 Å². The number of furan rings is 1. The van der Waals surface area contributed by atoms with Gasteiger partial charge in [0, 0.05) is 24.4 Å². The van der Waals surface area contributed by atoms with E-state index < -0.39 is 41.5 Å². The highest BCUT2D eigenvalue weighted by atomic mass is 16.3. The summed E-state index contributed by atoms with van der Waals surface area (Å²) in [5.74, 6) is -3.19. The average molecular weight is 601 g/mol. The molecule has 1 aliphatic heterocycles. The summed E-state index contributed by atoms with van der Waals surface area (Å²) in [6.45, 7) is 0.697. The summed E-state index contributed by atoms with van der Waals surface area (Å²) in [6, 6.07) is 15.9. The molecular formula is C34H40N4O6. The van der Waals surface area contributed by atoms with E-state index in [4.69, 9.17) is 4.42 Å². The number of ketones is 1. The van der Waals surface area contributed by atoms with Gasteiger partial charge in [-0.15, -0.1) is 0 Å². The zero-order valence-corrected chi connectivity index (χ0v) is 24.8. The summed E-state index contributed by atoms with van der Waals surface area (Å²) >= 11 is 0. The van der Waals surface area contributed by atoms with Crippen molar-refractivity contribution in [1.82, 2.24) is 21.3 Å². The highest BCUT2D eigenvalue weighted by molar-refractivity contribution is 6.38. The molecule has 232 valence electrons. The second-order valence-corrected chi connectivity index (χ2v) is 11.9. The summed E-state index contributed by atoms with van der Waals surface area (Å²) in [6.07, 6.45) is 6.79. The number of piperidine rings is 1. The maximum atomic E-state index is 13.9. The van der Waals surface area contributed by atoms with Gasteiger partial charge in [-0.05, 0) is 49.3 Å². The van der Waals surface area contributed by atoms with Crippen LogP contribution in [0.5, 0.6) is 0 Å². The van der Waals surface area contributed by atoms with Gasteiger partial charge in [-0.1, -0.05) is 80.6 Å². The largest absolute Gasteiger partial charge is 0.451 e. The van der Waals surface area contributed by atoms with Gasteiger partial charge in [0.25, 0.3) is 11.8 Å². The van der Waals surface area contributed by atoms with Gasteiger partial charge in [-0.3, -0.25) is 24.0 Å². The van der Waals surface area contributed by atoms with Crippen molar-refractivity contribution in [2.75, 3.05) is 6.54 Å². The third-order valence-corrected chi connectivity index (χ3v) is 8.64. The molecule has 2 heterocycles. The van der Waals surface area contributed by atoms with Gasteiger partial charge in [0.1, 0.15) is 11.6 Å². The average Bonchev–Trinajstić information content (AvgIpc) is 3.49. The number of amides is 4. The molecule has 0 unspecified atom stereocenters. The molecule has 3 atom stereocenters. The third kappa shape index (κ3) is 8.12. The minimum absolute atomic E-state index is 0.0111. The summed E-state index contributed by atoms with van der Waals surface area (Å²) in [7, 11) is 0. The molecule has 5 rings (SSSR count). The molecule has 2 aromatic carbocycles. The Morgan fingerprint density at radius 3 is 2.34 bits per heavy atom. The first-order valence-electron chi connectivity index (χ1n) is 15.6. The monoisotopic (exact) mass is 600 g/mol. The number of rotatable bonds is 12. The van der Waals surface area contributed by atoms with Gasteiger partial charge in [0.15, 0.2) is 5.76 Å². The number of hydrogen-bond acceptors (Lipinski definition) is 6. The van der Waals surface area contributed by atoms with Gasteiger partial charge in [0.05, 0.1) is 6.04 Å². The maximum Gasteiger partial charge on any atom is 0.289 e. The van der Waals surface area contributed by atoms with Crippen LogP contribution in [0.2, 0.25) is 0 Å². The van der Waals surface area contributed by atoms with Crippen molar-refractivity contribution in [3.8, 4) is 0 Å². The molecule has 0 spiro atoms. The Morgan fingerprint density at radius 2 is 1.59 bits per heavy atom. The van der Waals surface area contributed by atoms with Crippen LogP contribution in [-0.2, 0) is 25.7 Å². The minimum Gasteiger partial charge on any atom is -0.451 e. The molecular weight excluding hydrogens is 560 g/mol. The van der Waals surface area contributed by atoms with Crippen LogP contribution in [0.1, 0.15) is 73.9 Å². The Kier molecular flexibility index (Phi) is 10.4. The quantitative estimate of drug-likeness (QED) is 0.233. The van der Waals surface area contributed by atoms with Crippen molar-refractivity contribution in [2.24, 2.45) is 11.8 Å². The lowest BCUT2D eigenvalue weighted by atomic mass is 9.84. The lowest BCUT2D eigenvalue weighted by molar-refractivity contribution is -0.141. The Morgan fingerprint density at radius 1 is 0.841 bits per heavy atom. The molecule has 10 heteroatoms. The summed E-state index contributed by atoms with van der Waals surface area (Å²) in [5, 5.41) is 11.8. The summed E-state index contributed by atoms with van der Waals surface area (Å²) in [4.78, 5) is 66.2. The zero-order chi connectivity index (χ0) is 30.9. The topological polar surface area (TPSA) is 147 Å². The molecule has 1 aromatic heterocycles. The standard InChI is InChI=1S/C34H40N4O6/c39-30(34(43)36-21-23-12-5-2-6-13-23)26(19-25-15-9-17-35-31(25)40)37-32(41)27(18-22-10-3-1-4-11-22)38-33(42)29-20-24-14-7-8-16-28(24)44-29/h2,5-8,12-14,16,20,22,25-27H,1,3-4,9-11,15,17-19,21H2,(H,35,40)(H,36,43)(H,37,41)(H,38,42)/t25-,26-,27-/m0/s1.